The molecule has 1 aromatic heterocycles. The minimum atomic E-state index is -1.13. The number of unbranched alkanes of at least 4 members (excludes halogenated alkanes) is 3. The molecule has 1 heterocycles. The van der Waals surface area contributed by atoms with Gasteiger partial charge in [-0.15, -0.1) is 5.10 Å². The molecule has 0 aliphatic heterocycles. The molecule has 0 aliphatic rings. The lowest BCUT2D eigenvalue weighted by Gasteiger charge is -2.05. The molecule has 1 rings (SSSR count). The van der Waals surface area contributed by atoms with Crippen LogP contribution in [-0.2, 0) is 11.2 Å². The number of carbonyl (C=O) groups is 1. The molecule has 0 spiro atoms. The molecule has 1 N–H and O–H groups in total. The first-order chi connectivity index (χ1) is 9.04. The fourth-order valence-electron chi connectivity index (χ4n) is 1.46. The first-order valence-corrected chi connectivity index (χ1v) is 8.70. The van der Waals surface area contributed by atoms with Crippen molar-refractivity contribution in [2.45, 2.75) is 56.8 Å². The zero-order chi connectivity index (χ0) is 14.3. The number of nitrogens with zero attached hydrogens (tertiary/aromatic N) is 2. The molecule has 0 saturated heterocycles. The van der Waals surface area contributed by atoms with Crippen LogP contribution in [0, 0.1) is 0 Å². The molecule has 0 saturated carbocycles. The van der Waals surface area contributed by atoms with Crippen LogP contribution in [-0.4, -0.2) is 32.5 Å². The van der Waals surface area contributed by atoms with Gasteiger partial charge in [-0.1, -0.05) is 24.9 Å². The molecule has 0 aliphatic carbocycles. The van der Waals surface area contributed by atoms with Crippen molar-refractivity contribution >= 4 is 28.4 Å². The molecule has 1 amide bonds. The van der Waals surface area contributed by atoms with Gasteiger partial charge >= 0.3 is 4.34 Å². The lowest BCUT2D eigenvalue weighted by molar-refractivity contribution is 0.0942. The Kier molecular flexibility index (Phi) is 7.33. The van der Waals surface area contributed by atoms with Gasteiger partial charge in [0.05, 0.1) is 0 Å². The smallest absolute Gasteiger partial charge is 0.322 e. The first-order valence-electron chi connectivity index (χ1n) is 6.57. The maximum atomic E-state index is 12.0. The van der Waals surface area contributed by atoms with Crippen molar-refractivity contribution in [2.24, 2.45) is 0 Å². The van der Waals surface area contributed by atoms with Gasteiger partial charge in [0.25, 0.3) is 5.91 Å². The van der Waals surface area contributed by atoms with Gasteiger partial charge in [-0.2, -0.15) is 0 Å². The predicted molar refractivity (Wildman–Crippen MR) is 77.9 cm³/mol. The van der Waals surface area contributed by atoms with Crippen LogP contribution in [0.4, 0.5) is 0 Å². The minimum Gasteiger partial charge on any atom is -0.610 e. The van der Waals surface area contributed by atoms with Crippen molar-refractivity contribution in [2.75, 3.05) is 5.75 Å². The summed E-state index contributed by atoms with van der Waals surface area (Å²) < 4.78 is 12.4. The largest absolute Gasteiger partial charge is 0.610 e. The Bertz CT molecular complexity index is 396. The molecule has 0 aromatic carbocycles. The Morgan fingerprint density at radius 2 is 2.11 bits per heavy atom. The fourth-order valence-corrected chi connectivity index (χ4v) is 3.58. The van der Waals surface area contributed by atoms with Gasteiger partial charge in [-0.25, -0.2) is 0 Å². The van der Waals surface area contributed by atoms with Crippen LogP contribution < -0.4 is 5.32 Å². The number of carbonyl (C=O) groups excluding carboxylic acids is 1. The van der Waals surface area contributed by atoms with Crippen LogP contribution in [0.25, 0.3) is 0 Å². The number of aromatic nitrogens is 2. The zero-order valence-corrected chi connectivity index (χ0v) is 13.3. The van der Waals surface area contributed by atoms with Gasteiger partial charge in [0.2, 0.25) is 5.01 Å². The van der Waals surface area contributed by atoms with E-state index in [2.05, 4.69) is 22.4 Å². The summed E-state index contributed by atoms with van der Waals surface area (Å²) >= 11 is -0.00992. The second-order valence-electron chi connectivity index (χ2n) is 4.61. The summed E-state index contributed by atoms with van der Waals surface area (Å²) in [5.41, 5.74) is 0. The lowest BCUT2D eigenvalue weighted by atomic mass is 10.2. The molecule has 1 aromatic rings. The third kappa shape index (κ3) is 5.88. The number of amides is 1. The highest BCUT2D eigenvalue weighted by molar-refractivity contribution is 7.93. The fraction of sp³-hybridized carbons (Fsp3) is 0.750. The lowest BCUT2D eigenvalue weighted by Crippen LogP contribution is -2.29. The van der Waals surface area contributed by atoms with Crippen molar-refractivity contribution in [3.05, 3.63) is 5.01 Å². The highest BCUT2D eigenvalue weighted by Gasteiger charge is 2.21. The number of nitrogens with one attached hydrogen (secondary N) is 1. The summed E-state index contributed by atoms with van der Waals surface area (Å²) in [6.45, 7) is 5.90. The summed E-state index contributed by atoms with van der Waals surface area (Å²) in [7, 11) is 0. The highest BCUT2D eigenvalue weighted by atomic mass is 32.2. The number of hydrogen-bond acceptors (Lipinski definition) is 5. The Morgan fingerprint density at radius 1 is 1.37 bits per heavy atom. The third-order valence-electron chi connectivity index (χ3n) is 2.40. The maximum Gasteiger partial charge on any atom is 0.322 e. The standard InChI is InChI=1S/C12H21N3O2S2/c1-4-5-6-7-8-19(17)12-15-14-11(18-12)10(16)13-9(2)3/h9H,4-8H2,1-3H3,(H,13,16). The van der Waals surface area contributed by atoms with E-state index in [-0.39, 0.29) is 17.0 Å². The van der Waals surface area contributed by atoms with Gasteiger partial charge in [-0.3, -0.25) is 4.79 Å². The van der Waals surface area contributed by atoms with Crippen molar-refractivity contribution in [3.8, 4) is 0 Å². The monoisotopic (exact) mass is 303 g/mol. The average molecular weight is 303 g/mol. The topological polar surface area (TPSA) is 77.9 Å². The van der Waals surface area contributed by atoms with E-state index in [9.17, 15) is 9.35 Å². The van der Waals surface area contributed by atoms with E-state index >= 15 is 0 Å². The molecule has 7 heteroatoms. The zero-order valence-electron chi connectivity index (χ0n) is 11.6. The van der Waals surface area contributed by atoms with Gasteiger partial charge in [-0.05, 0) is 38.0 Å². The maximum absolute atomic E-state index is 12.0. The molecule has 1 atom stereocenters. The minimum absolute atomic E-state index is 0.0550. The molecule has 0 fully saturated rings. The van der Waals surface area contributed by atoms with Crippen LogP contribution in [0.2, 0.25) is 0 Å². The van der Waals surface area contributed by atoms with Gasteiger partial charge in [0.1, 0.15) is 5.75 Å². The van der Waals surface area contributed by atoms with Crippen molar-refractivity contribution < 1.29 is 9.35 Å². The third-order valence-corrected chi connectivity index (χ3v) is 5.05. The summed E-state index contributed by atoms with van der Waals surface area (Å²) in [6.07, 6.45) is 4.33. The Balaban J connectivity index is 2.46. The molecule has 0 radical (unpaired) electrons. The van der Waals surface area contributed by atoms with E-state index in [1.54, 1.807) is 0 Å². The second-order valence-corrected chi connectivity index (χ2v) is 7.33. The van der Waals surface area contributed by atoms with Crippen molar-refractivity contribution in [1.29, 1.82) is 0 Å². The molecule has 1 unspecified atom stereocenters. The Hall–Kier alpha value is -0.660. The SMILES string of the molecule is CCCCCC[S+]([O-])c1nnc(C(=O)NC(C)C)s1. The van der Waals surface area contributed by atoms with E-state index in [0.717, 1.165) is 37.0 Å². The van der Waals surface area contributed by atoms with E-state index in [1.807, 2.05) is 13.8 Å². The normalized spacial score (nSPS) is 12.7. The van der Waals surface area contributed by atoms with Crippen molar-refractivity contribution in [3.63, 3.8) is 0 Å². The Labute approximate surface area is 121 Å². The van der Waals surface area contributed by atoms with Crippen LogP contribution in [0.3, 0.4) is 0 Å². The van der Waals surface area contributed by atoms with E-state index < -0.39 is 11.2 Å². The molecule has 0 bridgehead atoms. The number of rotatable bonds is 8. The summed E-state index contributed by atoms with van der Waals surface area (Å²) in [4.78, 5) is 11.7. The summed E-state index contributed by atoms with van der Waals surface area (Å²) in [5.74, 6) is 0.349. The van der Waals surface area contributed by atoms with Crippen LogP contribution >= 0.6 is 11.3 Å². The van der Waals surface area contributed by atoms with Crippen molar-refractivity contribution in [1.82, 2.24) is 15.5 Å². The van der Waals surface area contributed by atoms with Crippen LogP contribution in [0.5, 0.6) is 0 Å². The summed E-state index contributed by atoms with van der Waals surface area (Å²) in [6, 6.07) is 0.0550. The predicted octanol–water partition coefficient (Wildman–Crippen LogP) is 2.36. The second kappa shape index (κ2) is 8.50. The van der Waals surface area contributed by atoms with E-state index in [4.69, 9.17) is 0 Å². The van der Waals surface area contributed by atoms with Gasteiger partial charge < -0.3 is 9.87 Å². The molecule has 108 valence electrons. The molecule has 19 heavy (non-hydrogen) atoms. The average Bonchev–Trinajstić information content (AvgIpc) is 2.83. The van der Waals surface area contributed by atoms with Crippen LogP contribution in [0.15, 0.2) is 4.34 Å². The van der Waals surface area contributed by atoms with Gasteiger partial charge in [0, 0.05) is 17.2 Å². The molecular formula is C12H21N3O2S2. The first kappa shape index (κ1) is 16.4. The highest BCUT2D eigenvalue weighted by Crippen LogP contribution is 2.18. The quantitative estimate of drug-likeness (QED) is 0.591. The van der Waals surface area contributed by atoms with Gasteiger partial charge in [0.15, 0.2) is 0 Å². The number of hydrogen-bond donors (Lipinski definition) is 1. The molecule has 5 nitrogen and oxygen atoms in total. The van der Waals surface area contributed by atoms with Crippen LogP contribution in [0.1, 0.15) is 56.3 Å². The van der Waals surface area contributed by atoms with E-state index in [1.165, 1.54) is 0 Å². The van der Waals surface area contributed by atoms with E-state index in [0.29, 0.717) is 10.1 Å². The Morgan fingerprint density at radius 3 is 2.74 bits per heavy atom. The molecular weight excluding hydrogens is 282 g/mol. The summed E-state index contributed by atoms with van der Waals surface area (Å²) in [5, 5.41) is 10.7.